The van der Waals surface area contributed by atoms with Crippen LogP contribution in [0, 0.1) is 0 Å². The molecule has 0 bridgehead atoms. The number of ether oxygens (including phenoxy) is 2. The van der Waals surface area contributed by atoms with Crippen molar-refractivity contribution in [3.63, 3.8) is 0 Å². The first-order valence-corrected chi connectivity index (χ1v) is 7.85. The van der Waals surface area contributed by atoms with E-state index in [0.29, 0.717) is 11.6 Å². The maximum absolute atomic E-state index is 12.6. The Morgan fingerprint density at radius 2 is 2.08 bits per heavy atom. The Morgan fingerprint density at radius 3 is 2.83 bits per heavy atom. The highest BCUT2D eigenvalue weighted by molar-refractivity contribution is 6.42. The minimum Gasteiger partial charge on any atom is -0.493 e. The minimum absolute atomic E-state index is 0.207. The van der Waals surface area contributed by atoms with Gasteiger partial charge in [0, 0.05) is 18.7 Å². The van der Waals surface area contributed by atoms with Crippen molar-refractivity contribution in [2.45, 2.75) is 12.5 Å². The van der Waals surface area contributed by atoms with Crippen molar-refractivity contribution in [3.8, 4) is 5.75 Å². The molecule has 0 spiro atoms. The Balaban J connectivity index is 1.75. The van der Waals surface area contributed by atoms with Gasteiger partial charge in [-0.25, -0.2) is 9.78 Å². The first-order valence-electron chi connectivity index (χ1n) is 7.09. The molecule has 0 fully saturated rings. The summed E-state index contributed by atoms with van der Waals surface area (Å²) in [5, 5.41) is 2.98. The van der Waals surface area contributed by atoms with Gasteiger partial charge in [0.2, 0.25) is 5.78 Å². The van der Waals surface area contributed by atoms with Gasteiger partial charge >= 0.3 is 6.09 Å². The molecular weight excluding hydrogens is 355 g/mol. The number of carbonyl (C=O) groups excluding carboxylic acids is 2. The van der Waals surface area contributed by atoms with E-state index in [1.807, 2.05) is 0 Å². The largest absolute Gasteiger partial charge is 0.493 e. The summed E-state index contributed by atoms with van der Waals surface area (Å²) in [7, 11) is 0. The van der Waals surface area contributed by atoms with Crippen LogP contribution < -0.4 is 10.1 Å². The number of hydrogen-bond acceptors (Lipinski definition) is 5. The number of anilines is 1. The SMILES string of the molecule is O=C(Nc1ccccn1)OC1CCOc2cc(Cl)c(Cl)cc2C1=O. The lowest BCUT2D eigenvalue weighted by Gasteiger charge is -2.14. The molecule has 1 aliphatic heterocycles. The van der Waals surface area contributed by atoms with Crippen LogP contribution in [-0.4, -0.2) is 29.6 Å². The molecule has 2 aromatic rings. The number of ketones is 1. The summed E-state index contributed by atoms with van der Waals surface area (Å²) in [6, 6.07) is 7.94. The number of pyridine rings is 1. The molecule has 1 aliphatic rings. The van der Waals surface area contributed by atoms with E-state index in [1.54, 1.807) is 18.2 Å². The van der Waals surface area contributed by atoms with Crippen molar-refractivity contribution in [3.05, 3.63) is 52.1 Å². The number of carbonyl (C=O) groups is 2. The third-order valence-electron chi connectivity index (χ3n) is 3.36. The van der Waals surface area contributed by atoms with Gasteiger partial charge in [0.25, 0.3) is 0 Å². The fourth-order valence-corrected chi connectivity index (χ4v) is 2.55. The zero-order chi connectivity index (χ0) is 17.1. The normalized spacial score (nSPS) is 16.6. The lowest BCUT2D eigenvalue weighted by Crippen LogP contribution is -2.29. The molecule has 124 valence electrons. The molecule has 0 saturated heterocycles. The van der Waals surface area contributed by atoms with Crippen molar-refractivity contribution in [1.82, 2.24) is 4.98 Å². The number of halogens is 2. The van der Waals surface area contributed by atoms with Crippen LogP contribution in [0.5, 0.6) is 5.75 Å². The number of benzene rings is 1. The Bertz CT molecular complexity index is 783. The van der Waals surface area contributed by atoms with Gasteiger partial charge in [0.1, 0.15) is 11.6 Å². The molecule has 8 heteroatoms. The summed E-state index contributed by atoms with van der Waals surface area (Å²) < 4.78 is 10.7. The van der Waals surface area contributed by atoms with Gasteiger partial charge in [-0.3, -0.25) is 10.1 Å². The van der Waals surface area contributed by atoms with Crippen molar-refractivity contribution in [2.75, 3.05) is 11.9 Å². The summed E-state index contributed by atoms with van der Waals surface area (Å²) in [5.74, 6) is 0.262. The van der Waals surface area contributed by atoms with Crippen molar-refractivity contribution in [1.29, 1.82) is 0 Å². The predicted molar refractivity (Wildman–Crippen MR) is 89.0 cm³/mol. The highest BCUT2D eigenvalue weighted by Gasteiger charge is 2.30. The molecule has 1 unspecified atom stereocenters. The number of Topliss-reactive ketones (excluding diaryl/α,β-unsaturated/α-hetero) is 1. The van der Waals surface area contributed by atoms with Gasteiger partial charge < -0.3 is 9.47 Å². The molecule has 0 aliphatic carbocycles. The van der Waals surface area contributed by atoms with Crippen LogP contribution >= 0.6 is 23.2 Å². The van der Waals surface area contributed by atoms with E-state index < -0.39 is 18.0 Å². The van der Waals surface area contributed by atoms with Crippen LogP contribution in [0.2, 0.25) is 10.0 Å². The van der Waals surface area contributed by atoms with Crippen LogP contribution in [0.3, 0.4) is 0 Å². The average Bonchev–Trinajstić information content (AvgIpc) is 2.70. The molecule has 1 aromatic carbocycles. The molecule has 1 aromatic heterocycles. The molecule has 2 heterocycles. The Kier molecular flexibility index (Phi) is 4.87. The number of nitrogens with zero attached hydrogens (tertiary/aromatic N) is 1. The van der Waals surface area contributed by atoms with Crippen LogP contribution in [0.25, 0.3) is 0 Å². The quantitative estimate of drug-likeness (QED) is 0.869. The van der Waals surface area contributed by atoms with Gasteiger partial charge in [0.05, 0.1) is 22.2 Å². The second kappa shape index (κ2) is 7.07. The second-order valence-electron chi connectivity index (χ2n) is 5.00. The molecule has 1 N–H and O–H groups in total. The second-order valence-corrected chi connectivity index (χ2v) is 5.81. The maximum Gasteiger partial charge on any atom is 0.413 e. The Labute approximate surface area is 147 Å². The van der Waals surface area contributed by atoms with Gasteiger partial charge in [0.15, 0.2) is 6.10 Å². The van der Waals surface area contributed by atoms with Gasteiger partial charge in [-0.15, -0.1) is 0 Å². The third-order valence-corrected chi connectivity index (χ3v) is 4.08. The fraction of sp³-hybridized carbons (Fsp3) is 0.188. The lowest BCUT2D eigenvalue weighted by atomic mass is 10.0. The lowest BCUT2D eigenvalue weighted by molar-refractivity contribution is 0.0638. The summed E-state index contributed by atoms with van der Waals surface area (Å²) in [5.41, 5.74) is 0.234. The van der Waals surface area contributed by atoms with Gasteiger partial charge in [-0.05, 0) is 18.2 Å². The van der Waals surface area contributed by atoms with Gasteiger partial charge in [-0.1, -0.05) is 29.3 Å². The standard InChI is InChI=1S/C16H12Cl2N2O4/c17-10-7-9-13(8-11(10)18)23-6-4-12(15(9)21)24-16(22)20-14-3-1-2-5-19-14/h1-3,5,7-8,12H,4,6H2,(H,19,20,22). The maximum atomic E-state index is 12.6. The minimum atomic E-state index is -0.979. The van der Waals surface area contributed by atoms with Gasteiger partial charge in [-0.2, -0.15) is 0 Å². The van der Waals surface area contributed by atoms with E-state index in [2.05, 4.69) is 10.3 Å². The first kappa shape index (κ1) is 16.5. The van der Waals surface area contributed by atoms with E-state index in [0.717, 1.165) is 0 Å². The van der Waals surface area contributed by atoms with E-state index in [1.165, 1.54) is 18.3 Å². The first-order chi connectivity index (χ1) is 11.5. The van der Waals surface area contributed by atoms with Crippen LogP contribution in [0.15, 0.2) is 36.5 Å². The van der Waals surface area contributed by atoms with Crippen molar-refractivity contribution < 1.29 is 19.1 Å². The summed E-state index contributed by atoms with van der Waals surface area (Å²) in [4.78, 5) is 28.5. The molecule has 24 heavy (non-hydrogen) atoms. The highest BCUT2D eigenvalue weighted by atomic mass is 35.5. The topological polar surface area (TPSA) is 77.5 Å². The number of hydrogen-bond donors (Lipinski definition) is 1. The molecule has 1 amide bonds. The molecule has 0 saturated carbocycles. The Hall–Kier alpha value is -2.31. The van der Waals surface area contributed by atoms with Crippen LogP contribution in [0.4, 0.5) is 10.6 Å². The number of rotatable bonds is 2. The number of nitrogens with one attached hydrogen (secondary N) is 1. The zero-order valence-corrected chi connectivity index (χ0v) is 13.8. The highest BCUT2D eigenvalue weighted by Crippen LogP contribution is 2.33. The summed E-state index contributed by atoms with van der Waals surface area (Å²) in [6.07, 6.45) is 0.00319. The fourth-order valence-electron chi connectivity index (χ4n) is 2.23. The summed E-state index contributed by atoms with van der Waals surface area (Å²) in [6.45, 7) is 0.207. The van der Waals surface area contributed by atoms with E-state index in [4.69, 9.17) is 32.7 Å². The molecule has 1 atom stereocenters. The molecule has 0 radical (unpaired) electrons. The number of amides is 1. The number of aromatic nitrogens is 1. The zero-order valence-electron chi connectivity index (χ0n) is 12.3. The van der Waals surface area contributed by atoms with Crippen molar-refractivity contribution in [2.24, 2.45) is 0 Å². The van der Waals surface area contributed by atoms with Crippen molar-refractivity contribution >= 4 is 40.9 Å². The van der Waals surface area contributed by atoms with E-state index >= 15 is 0 Å². The monoisotopic (exact) mass is 366 g/mol. The smallest absolute Gasteiger partial charge is 0.413 e. The number of fused-ring (bicyclic) bond motifs is 1. The molecule has 6 nitrogen and oxygen atoms in total. The van der Waals surface area contributed by atoms with E-state index in [-0.39, 0.29) is 28.6 Å². The molecular formula is C16H12Cl2N2O4. The van der Waals surface area contributed by atoms with E-state index in [9.17, 15) is 9.59 Å². The predicted octanol–water partition coefficient (Wildman–Crippen LogP) is 3.97. The van der Waals surface area contributed by atoms with Crippen LogP contribution in [-0.2, 0) is 4.74 Å². The summed E-state index contributed by atoms with van der Waals surface area (Å²) >= 11 is 11.9. The average molecular weight is 367 g/mol. The third kappa shape index (κ3) is 3.60. The Morgan fingerprint density at radius 1 is 1.29 bits per heavy atom. The molecule has 3 rings (SSSR count). The van der Waals surface area contributed by atoms with Crippen LogP contribution in [0.1, 0.15) is 16.8 Å².